The van der Waals surface area contributed by atoms with Gasteiger partial charge in [0.25, 0.3) is 0 Å². The van der Waals surface area contributed by atoms with Crippen LogP contribution in [-0.4, -0.2) is 18.8 Å². The van der Waals surface area contributed by atoms with Gasteiger partial charge in [-0.25, -0.2) is 0 Å². The Bertz CT molecular complexity index is 146. The molecular formula is C9H17NO. The molecule has 2 N–H and O–H groups in total. The Labute approximate surface area is 68.1 Å². The molecule has 0 spiro atoms. The Morgan fingerprint density at radius 3 is 2.64 bits per heavy atom. The van der Waals surface area contributed by atoms with E-state index in [0.29, 0.717) is 12.1 Å². The number of ether oxygens (including phenoxy) is 1. The summed E-state index contributed by atoms with van der Waals surface area (Å²) in [4.78, 5) is 0. The quantitative estimate of drug-likeness (QED) is 0.649. The van der Waals surface area contributed by atoms with Crippen molar-refractivity contribution in [2.24, 2.45) is 17.6 Å². The van der Waals surface area contributed by atoms with Crippen molar-refractivity contribution < 1.29 is 4.74 Å². The van der Waals surface area contributed by atoms with Gasteiger partial charge in [-0.3, -0.25) is 0 Å². The molecule has 2 rings (SSSR count). The predicted molar refractivity (Wildman–Crippen MR) is 44.2 cm³/mol. The summed E-state index contributed by atoms with van der Waals surface area (Å²) < 4.78 is 5.62. The largest absolute Gasteiger partial charge is 0.377 e. The predicted octanol–water partition coefficient (Wildman–Crippen LogP) is 1.15. The van der Waals surface area contributed by atoms with E-state index in [1.807, 2.05) is 0 Å². The lowest BCUT2D eigenvalue weighted by Crippen LogP contribution is -2.41. The molecule has 0 saturated heterocycles. The first-order valence-corrected chi connectivity index (χ1v) is 4.70. The molecule has 0 radical (unpaired) electrons. The fourth-order valence-corrected chi connectivity index (χ4v) is 2.72. The average Bonchev–Trinajstić information content (AvgIpc) is 2.54. The van der Waals surface area contributed by atoms with Crippen LogP contribution >= 0.6 is 0 Å². The van der Waals surface area contributed by atoms with Crippen molar-refractivity contribution in [3.8, 4) is 0 Å². The number of hydrogen-bond donors (Lipinski definition) is 1. The van der Waals surface area contributed by atoms with Crippen molar-refractivity contribution in [2.45, 2.75) is 38.3 Å². The van der Waals surface area contributed by atoms with E-state index < -0.39 is 0 Å². The SMILES string of the molecule is CCOC1C2CCC(C2)C1N. The molecule has 0 aromatic heterocycles. The summed E-state index contributed by atoms with van der Waals surface area (Å²) in [6, 6.07) is 0.341. The highest BCUT2D eigenvalue weighted by Gasteiger charge is 2.46. The van der Waals surface area contributed by atoms with Gasteiger partial charge in [0.2, 0.25) is 0 Å². The van der Waals surface area contributed by atoms with Crippen LogP contribution < -0.4 is 5.73 Å². The Kier molecular flexibility index (Phi) is 1.90. The van der Waals surface area contributed by atoms with Crippen molar-refractivity contribution in [3.63, 3.8) is 0 Å². The Hall–Kier alpha value is -0.0800. The van der Waals surface area contributed by atoms with Crippen molar-refractivity contribution >= 4 is 0 Å². The van der Waals surface area contributed by atoms with Crippen LogP contribution in [0.5, 0.6) is 0 Å². The third-order valence-electron chi connectivity index (χ3n) is 3.26. The van der Waals surface area contributed by atoms with Crippen molar-refractivity contribution in [1.29, 1.82) is 0 Å². The Morgan fingerprint density at radius 1 is 1.36 bits per heavy atom. The summed E-state index contributed by atoms with van der Waals surface area (Å²) in [6.07, 6.45) is 4.41. The highest BCUT2D eigenvalue weighted by molar-refractivity contribution is 4.99. The minimum Gasteiger partial charge on any atom is -0.377 e. The van der Waals surface area contributed by atoms with Gasteiger partial charge < -0.3 is 10.5 Å². The van der Waals surface area contributed by atoms with Crippen LogP contribution in [-0.2, 0) is 4.74 Å². The van der Waals surface area contributed by atoms with Crippen LogP contribution in [0.3, 0.4) is 0 Å². The molecule has 2 aliphatic carbocycles. The Balaban J connectivity index is 2.00. The van der Waals surface area contributed by atoms with Crippen LogP contribution in [0.1, 0.15) is 26.2 Å². The molecule has 0 aliphatic heterocycles. The molecule has 4 unspecified atom stereocenters. The third kappa shape index (κ3) is 1.09. The maximum atomic E-state index is 6.03. The van der Waals surface area contributed by atoms with E-state index in [1.165, 1.54) is 19.3 Å². The zero-order valence-electron chi connectivity index (χ0n) is 7.12. The van der Waals surface area contributed by atoms with E-state index in [4.69, 9.17) is 10.5 Å². The van der Waals surface area contributed by atoms with E-state index in [1.54, 1.807) is 0 Å². The summed E-state index contributed by atoms with van der Waals surface area (Å²) in [6.45, 7) is 2.88. The topological polar surface area (TPSA) is 35.2 Å². The molecule has 2 saturated carbocycles. The molecule has 2 aliphatic rings. The number of fused-ring (bicyclic) bond motifs is 2. The molecular weight excluding hydrogens is 138 g/mol. The lowest BCUT2D eigenvalue weighted by Gasteiger charge is -2.27. The van der Waals surface area contributed by atoms with Gasteiger partial charge in [-0.05, 0) is 38.0 Å². The van der Waals surface area contributed by atoms with E-state index >= 15 is 0 Å². The van der Waals surface area contributed by atoms with Gasteiger partial charge in [-0.2, -0.15) is 0 Å². The third-order valence-corrected chi connectivity index (χ3v) is 3.26. The minimum atomic E-state index is 0.341. The molecule has 64 valence electrons. The highest BCUT2D eigenvalue weighted by Crippen LogP contribution is 2.45. The molecule has 2 fully saturated rings. The van der Waals surface area contributed by atoms with Gasteiger partial charge in [0.1, 0.15) is 0 Å². The van der Waals surface area contributed by atoms with E-state index in [0.717, 1.165) is 18.4 Å². The summed E-state index contributed by atoms with van der Waals surface area (Å²) in [5.74, 6) is 1.56. The van der Waals surface area contributed by atoms with Crippen molar-refractivity contribution in [3.05, 3.63) is 0 Å². The average molecular weight is 155 g/mol. The van der Waals surface area contributed by atoms with E-state index in [9.17, 15) is 0 Å². The molecule has 11 heavy (non-hydrogen) atoms. The second-order valence-corrected chi connectivity index (χ2v) is 3.83. The van der Waals surface area contributed by atoms with Crippen molar-refractivity contribution in [1.82, 2.24) is 0 Å². The first kappa shape index (κ1) is 7.56. The minimum absolute atomic E-state index is 0.341. The lowest BCUT2D eigenvalue weighted by molar-refractivity contribution is 0.0120. The molecule has 0 aromatic carbocycles. The van der Waals surface area contributed by atoms with Crippen LogP contribution in [0.25, 0.3) is 0 Å². The molecule has 0 amide bonds. The standard InChI is InChI=1S/C9H17NO/c1-2-11-9-7-4-3-6(5-7)8(9)10/h6-9H,2-5,10H2,1H3. The normalized spacial score (nSPS) is 48.5. The highest BCUT2D eigenvalue weighted by atomic mass is 16.5. The summed E-state index contributed by atoms with van der Waals surface area (Å²) in [7, 11) is 0. The number of hydrogen-bond acceptors (Lipinski definition) is 2. The number of nitrogens with two attached hydrogens (primary N) is 1. The van der Waals surface area contributed by atoms with Gasteiger partial charge in [-0.1, -0.05) is 0 Å². The zero-order valence-corrected chi connectivity index (χ0v) is 7.12. The smallest absolute Gasteiger partial charge is 0.0756 e. The van der Waals surface area contributed by atoms with Gasteiger partial charge >= 0.3 is 0 Å². The van der Waals surface area contributed by atoms with Crippen LogP contribution in [0.2, 0.25) is 0 Å². The van der Waals surface area contributed by atoms with Gasteiger partial charge in [0.15, 0.2) is 0 Å². The van der Waals surface area contributed by atoms with Gasteiger partial charge in [0.05, 0.1) is 6.10 Å². The molecule has 0 aromatic rings. The first-order valence-electron chi connectivity index (χ1n) is 4.70. The summed E-state index contributed by atoms with van der Waals surface area (Å²) >= 11 is 0. The molecule has 0 heterocycles. The maximum Gasteiger partial charge on any atom is 0.0756 e. The van der Waals surface area contributed by atoms with Gasteiger partial charge in [0, 0.05) is 12.6 Å². The fourth-order valence-electron chi connectivity index (χ4n) is 2.72. The Morgan fingerprint density at radius 2 is 2.09 bits per heavy atom. The lowest BCUT2D eigenvalue weighted by atomic mass is 9.93. The second-order valence-electron chi connectivity index (χ2n) is 3.83. The fraction of sp³-hybridized carbons (Fsp3) is 1.00. The second kappa shape index (κ2) is 2.76. The van der Waals surface area contributed by atoms with E-state index in [-0.39, 0.29) is 0 Å². The first-order chi connectivity index (χ1) is 5.33. The maximum absolute atomic E-state index is 6.03. The van der Waals surface area contributed by atoms with E-state index in [2.05, 4.69) is 6.92 Å². The van der Waals surface area contributed by atoms with Crippen LogP contribution in [0.15, 0.2) is 0 Å². The van der Waals surface area contributed by atoms with Gasteiger partial charge in [-0.15, -0.1) is 0 Å². The van der Waals surface area contributed by atoms with Crippen molar-refractivity contribution in [2.75, 3.05) is 6.61 Å². The van der Waals surface area contributed by atoms with Crippen LogP contribution in [0.4, 0.5) is 0 Å². The zero-order chi connectivity index (χ0) is 7.84. The number of rotatable bonds is 2. The monoisotopic (exact) mass is 155 g/mol. The summed E-state index contributed by atoms with van der Waals surface area (Å²) in [5.41, 5.74) is 6.03. The summed E-state index contributed by atoms with van der Waals surface area (Å²) in [5, 5.41) is 0. The molecule has 4 atom stereocenters. The van der Waals surface area contributed by atoms with Crippen LogP contribution in [0, 0.1) is 11.8 Å². The molecule has 2 bridgehead atoms. The molecule has 2 nitrogen and oxygen atoms in total. The molecule has 2 heteroatoms.